The Balaban J connectivity index is 1.89. The molecule has 3 rings (SSSR count). The average Bonchev–Trinajstić information content (AvgIpc) is 2.72. The van der Waals surface area contributed by atoms with Crippen molar-refractivity contribution >= 4 is 5.97 Å². The molecule has 1 aliphatic heterocycles. The second kappa shape index (κ2) is 2.66. The lowest BCUT2D eigenvalue weighted by Gasteiger charge is -2.43. The molecule has 3 unspecified atom stereocenters. The summed E-state index contributed by atoms with van der Waals surface area (Å²) in [6.45, 7) is 4.03. The molecule has 2 nitrogen and oxygen atoms in total. The highest BCUT2D eigenvalue weighted by Gasteiger charge is 2.57. The fourth-order valence-corrected chi connectivity index (χ4v) is 3.51. The molecule has 0 amide bonds. The molecule has 2 aliphatic carbocycles. The molecule has 1 spiro atoms. The van der Waals surface area contributed by atoms with E-state index in [-0.39, 0.29) is 17.0 Å². The van der Waals surface area contributed by atoms with Crippen LogP contribution in [-0.4, -0.2) is 11.6 Å². The van der Waals surface area contributed by atoms with Crippen LogP contribution in [0, 0.1) is 17.3 Å². The Hall–Kier alpha value is -0.790. The van der Waals surface area contributed by atoms with E-state index in [4.69, 9.17) is 4.74 Å². The van der Waals surface area contributed by atoms with Crippen LogP contribution in [0.1, 0.15) is 39.5 Å². The minimum Gasteiger partial charge on any atom is -0.459 e. The lowest BCUT2D eigenvalue weighted by atomic mass is 9.69. The van der Waals surface area contributed by atoms with Gasteiger partial charge in [0.05, 0.1) is 5.41 Å². The SMILES string of the molecule is CC1(C)CCC2(CC3C=CC2C3)C(=O)O1. The van der Waals surface area contributed by atoms with Gasteiger partial charge in [-0.15, -0.1) is 0 Å². The molecule has 3 atom stereocenters. The van der Waals surface area contributed by atoms with Crippen molar-refractivity contribution in [3.8, 4) is 0 Å². The van der Waals surface area contributed by atoms with Crippen LogP contribution in [-0.2, 0) is 9.53 Å². The van der Waals surface area contributed by atoms with E-state index in [0.29, 0.717) is 11.8 Å². The average molecular weight is 206 g/mol. The van der Waals surface area contributed by atoms with E-state index >= 15 is 0 Å². The molecule has 1 saturated heterocycles. The van der Waals surface area contributed by atoms with E-state index in [9.17, 15) is 4.79 Å². The molecule has 2 heteroatoms. The summed E-state index contributed by atoms with van der Waals surface area (Å²) in [5.41, 5.74) is -0.386. The summed E-state index contributed by atoms with van der Waals surface area (Å²) >= 11 is 0. The number of hydrogen-bond donors (Lipinski definition) is 0. The van der Waals surface area contributed by atoms with Gasteiger partial charge < -0.3 is 4.74 Å². The van der Waals surface area contributed by atoms with Crippen LogP contribution >= 0.6 is 0 Å². The van der Waals surface area contributed by atoms with Crippen molar-refractivity contribution in [3.05, 3.63) is 12.2 Å². The van der Waals surface area contributed by atoms with Gasteiger partial charge in [0.2, 0.25) is 0 Å². The molecule has 0 radical (unpaired) electrons. The Bertz CT molecular complexity index is 342. The minimum absolute atomic E-state index is 0.0654. The van der Waals surface area contributed by atoms with Crippen LogP contribution in [0.5, 0.6) is 0 Å². The van der Waals surface area contributed by atoms with Gasteiger partial charge in [-0.2, -0.15) is 0 Å². The number of rotatable bonds is 0. The largest absolute Gasteiger partial charge is 0.459 e. The van der Waals surface area contributed by atoms with E-state index in [1.165, 1.54) is 6.42 Å². The second-order valence-electron chi connectivity index (χ2n) is 6.00. The van der Waals surface area contributed by atoms with Gasteiger partial charge in [0.1, 0.15) is 5.60 Å². The Morgan fingerprint density at radius 3 is 2.67 bits per heavy atom. The van der Waals surface area contributed by atoms with Gasteiger partial charge in [-0.3, -0.25) is 4.79 Å². The maximum absolute atomic E-state index is 12.2. The van der Waals surface area contributed by atoms with E-state index < -0.39 is 0 Å². The molecular formula is C13H18O2. The molecule has 15 heavy (non-hydrogen) atoms. The maximum Gasteiger partial charge on any atom is 0.313 e. The normalized spacial score (nSPS) is 46.1. The number of fused-ring (bicyclic) bond motifs is 3. The zero-order chi connectivity index (χ0) is 10.7. The summed E-state index contributed by atoms with van der Waals surface area (Å²) in [7, 11) is 0. The first-order valence-corrected chi connectivity index (χ1v) is 5.94. The third kappa shape index (κ3) is 1.20. The molecular weight excluding hydrogens is 188 g/mol. The number of esters is 1. The smallest absolute Gasteiger partial charge is 0.313 e. The zero-order valence-electron chi connectivity index (χ0n) is 9.45. The summed E-state index contributed by atoms with van der Waals surface area (Å²) in [5.74, 6) is 1.17. The number of hydrogen-bond acceptors (Lipinski definition) is 2. The van der Waals surface area contributed by atoms with Gasteiger partial charge >= 0.3 is 5.97 Å². The zero-order valence-corrected chi connectivity index (χ0v) is 9.45. The fourth-order valence-electron chi connectivity index (χ4n) is 3.51. The van der Waals surface area contributed by atoms with Gasteiger partial charge in [0.25, 0.3) is 0 Å². The van der Waals surface area contributed by atoms with Crippen LogP contribution in [0.3, 0.4) is 0 Å². The van der Waals surface area contributed by atoms with E-state index in [0.717, 1.165) is 19.3 Å². The maximum atomic E-state index is 12.2. The number of allylic oxidation sites excluding steroid dienone is 2. The second-order valence-corrected chi connectivity index (χ2v) is 6.00. The van der Waals surface area contributed by atoms with Crippen LogP contribution in [0.25, 0.3) is 0 Å². The number of ether oxygens (including phenoxy) is 1. The van der Waals surface area contributed by atoms with Crippen LogP contribution in [0.2, 0.25) is 0 Å². The quantitative estimate of drug-likeness (QED) is 0.450. The van der Waals surface area contributed by atoms with E-state index in [1.54, 1.807) is 0 Å². The van der Waals surface area contributed by atoms with Gasteiger partial charge in [0, 0.05) is 0 Å². The van der Waals surface area contributed by atoms with Gasteiger partial charge in [0.15, 0.2) is 0 Å². The lowest BCUT2D eigenvalue weighted by molar-refractivity contribution is -0.183. The van der Waals surface area contributed by atoms with Gasteiger partial charge in [-0.25, -0.2) is 0 Å². The van der Waals surface area contributed by atoms with Crippen molar-refractivity contribution in [1.29, 1.82) is 0 Å². The Labute approximate surface area is 90.7 Å². The topological polar surface area (TPSA) is 26.3 Å². The van der Waals surface area contributed by atoms with Crippen LogP contribution < -0.4 is 0 Å². The van der Waals surface area contributed by atoms with Crippen molar-refractivity contribution in [2.45, 2.75) is 45.1 Å². The Kier molecular flexibility index (Phi) is 1.67. The first-order valence-electron chi connectivity index (χ1n) is 5.94. The molecule has 3 aliphatic rings. The number of carbonyl (C=O) groups excluding carboxylic acids is 1. The number of cyclic esters (lactones) is 1. The molecule has 0 aromatic rings. The molecule has 2 fully saturated rings. The van der Waals surface area contributed by atoms with Crippen molar-refractivity contribution in [3.63, 3.8) is 0 Å². The molecule has 0 N–H and O–H groups in total. The fraction of sp³-hybridized carbons (Fsp3) is 0.769. The third-order valence-electron chi connectivity index (χ3n) is 4.46. The third-order valence-corrected chi connectivity index (χ3v) is 4.46. The first-order chi connectivity index (χ1) is 7.02. The highest BCUT2D eigenvalue weighted by Crippen LogP contribution is 2.57. The molecule has 1 saturated carbocycles. The van der Waals surface area contributed by atoms with Crippen molar-refractivity contribution in [1.82, 2.24) is 0 Å². The highest BCUT2D eigenvalue weighted by molar-refractivity contribution is 5.79. The van der Waals surface area contributed by atoms with Crippen LogP contribution in [0.4, 0.5) is 0 Å². The van der Waals surface area contributed by atoms with Crippen LogP contribution in [0.15, 0.2) is 12.2 Å². The molecule has 0 aromatic heterocycles. The highest BCUT2D eigenvalue weighted by atomic mass is 16.6. The van der Waals surface area contributed by atoms with Crippen molar-refractivity contribution < 1.29 is 9.53 Å². The molecule has 0 aromatic carbocycles. The van der Waals surface area contributed by atoms with E-state index in [1.807, 2.05) is 13.8 Å². The lowest BCUT2D eigenvalue weighted by Crippen LogP contribution is -2.47. The first kappa shape index (κ1) is 9.44. The van der Waals surface area contributed by atoms with Gasteiger partial charge in [-0.1, -0.05) is 12.2 Å². The predicted octanol–water partition coefficient (Wildman–Crippen LogP) is 2.68. The standard InChI is InChI=1S/C13H18O2/c1-12(2)5-6-13(11(14)15-12)8-9-3-4-10(13)7-9/h3-4,9-10H,5-8H2,1-2H3. The minimum atomic E-state index is -0.242. The monoisotopic (exact) mass is 206 g/mol. The summed E-state index contributed by atoms with van der Waals surface area (Å²) in [6, 6.07) is 0. The Morgan fingerprint density at radius 1 is 1.33 bits per heavy atom. The Morgan fingerprint density at radius 2 is 2.13 bits per heavy atom. The number of carbonyl (C=O) groups is 1. The van der Waals surface area contributed by atoms with Crippen molar-refractivity contribution in [2.75, 3.05) is 0 Å². The predicted molar refractivity (Wildman–Crippen MR) is 57.2 cm³/mol. The molecule has 1 heterocycles. The van der Waals surface area contributed by atoms with Crippen molar-refractivity contribution in [2.24, 2.45) is 17.3 Å². The summed E-state index contributed by atoms with van der Waals surface area (Å²) < 4.78 is 5.59. The summed E-state index contributed by atoms with van der Waals surface area (Å²) in [4.78, 5) is 12.2. The molecule has 2 bridgehead atoms. The summed E-state index contributed by atoms with van der Waals surface area (Å²) in [5, 5.41) is 0. The molecule has 82 valence electrons. The van der Waals surface area contributed by atoms with Gasteiger partial charge in [-0.05, 0) is 51.4 Å². The summed E-state index contributed by atoms with van der Waals surface area (Å²) in [6.07, 6.45) is 8.76. The van der Waals surface area contributed by atoms with E-state index in [2.05, 4.69) is 12.2 Å².